The fraction of sp³-hybridized carbons (Fsp3) is 1.00. The summed E-state index contributed by atoms with van der Waals surface area (Å²) in [5.74, 6) is 0. The fourth-order valence-electron chi connectivity index (χ4n) is 3.13. The number of hydrogen-bond acceptors (Lipinski definition) is 4. The fourth-order valence-corrected chi connectivity index (χ4v) is 3.13. The van der Waals surface area contributed by atoms with Gasteiger partial charge in [0.05, 0.1) is 25.4 Å². The normalized spacial score (nSPS) is 34.0. The van der Waals surface area contributed by atoms with Gasteiger partial charge < -0.3 is 14.6 Å². The van der Waals surface area contributed by atoms with E-state index in [1.807, 2.05) is 6.92 Å². The van der Waals surface area contributed by atoms with Crippen molar-refractivity contribution in [3.05, 3.63) is 0 Å². The molecule has 0 aromatic rings. The van der Waals surface area contributed by atoms with E-state index in [1.165, 1.54) is 12.8 Å². The molecule has 1 N–H and O–H groups in total. The van der Waals surface area contributed by atoms with Gasteiger partial charge in [0.1, 0.15) is 0 Å². The second-order valence-electron chi connectivity index (χ2n) is 5.39. The van der Waals surface area contributed by atoms with E-state index in [9.17, 15) is 5.11 Å². The van der Waals surface area contributed by atoms with E-state index < -0.39 is 0 Å². The zero-order chi connectivity index (χ0) is 12.8. The average Bonchev–Trinajstić information content (AvgIpc) is 2.84. The molecular weight excluding hydrogens is 230 g/mol. The van der Waals surface area contributed by atoms with E-state index in [1.54, 1.807) is 0 Å². The maximum Gasteiger partial charge on any atom is 0.0715 e. The van der Waals surface area contributed by atoms with Crippen molar-refractivity contribution in [2.75, 3.05) is 32.9 Å². The monoisotopic (exact) mass is 257 g/mol. The van der Waals surface area contributed by atoms with Gasteiger partial charge in [0.25, 0.3) is 0 Å². The summed E-state index contributed by atoms with van der Waals surface area (Å²) in [5, 5.41) is 10.1. The molecule has 18 heavy (non-hydrogen) atoms. The van der Waals surface area contributed by atoms with Gasteiger partial charge in [0.2, 0.25) is 0 Å². The molecule has 1 aliphatic carbocycles. The summed E-state index contributed by atoms with van der Waals surface area (Å²) in [4.78, 5) is 2.43. The summed E-state index contributed by atoms with van der Waals surface area (Å²) in [6.45, 7) is 6.20. The van der Waals surface area contributed by atoms with Crippen molar-refractivity contribution in [1.29, 1.82) is 0 Å². The van der Waals surface area contributed by atoms with E-state index in [2.05, 4.69) is 4.90 Å². The lowest BCUT2D eigenvalue weighted by atomic mass is 9.91. The maximum atomic E-state index is 10.1. The molecular formula is C14H27NO3. The Hall–Kier alpha value is -0.160. The molecule has 4 heteroatoms. The molecule has 0 aromatic carbocycles. The largest absolute Gasteiger partial charge is 0.391 e. The summed E-state index contributed by atoms with van der Waals surface area (Å²) in [7, 11) is 0. The van der Waals surface area contributed by atoms with E-state index in [-0.39, 0.29) is 6.10 Å². The molecule has 0 unspecified atom stereocenters. The quantitative estimate of drug-likeness (QED) is 0.731. The highest BCUT2D eigenvalue weighted by Crippen LogP contribution is 2.26. The van der Waals surface area contributed by atoms with E-state index in [0.717, 1.165) is 39.0 Å². The van der Waals surface area contributed by atoms with Gasteiger partial charge in [0.15, 0.2) is 0 Å². The number of likely N-dealkylation sites (tertiary alicyclic amines) is 1. The Morgan fingerprint density at radius 2 is 2.00 bits per heavy atom. The first kappa shape index (κ1) is 14.3. The molecule has 2 fully saturated rings. The molecule has 106 valence electrons. The first-order chi connectivity index (χ1) is 8.81. The summed E-state index contributed by atoms with van der Waals surface area (Å²) in [6, 6.07) is 0.374. The number of ether oxygens (including phenoxy) is 2. The van der Waals surface area contributed by atoms with Gasteiger partial charge in [-0.05, 0) is 26.2 Å². The molecule has 2 aliphatic rings. The van der Waals surface area contributed by atoms with Crippen molar-refractivity contribution in [2.45, 2.75) is 57.3 Å². The van der Waals surface area contributed by atoms with Crippen molar-refractivity contribution in [2.24, 2.45) is 0 Å². The number of aliphatic hydroxyl groups is 1. The molecule has 1 heterocycles. The zero-order valence-corrected chi connectivity index (χ0v) is 11.5. The molecule has 2 rings (SSSR count). The third-order valence-electron chi connectivity index (χ3n) is 4.12. The van der Waals surface area contributed by atoms with Crippen LogP contribution in [0.25, 0.3) is 0 Å². The van der Waals surface area contributed by atoms with Crippen LogP contribution in [0.1, 0.15) is 39.0 Å². The second-order valence-corrected chi connectivity index (χ2v) is 5.39. The molecule has 3 atom stereocenters. The topological polar surface area (TPSA) is 41.9 Å². The maximum absolute atomic E-state index is 10.1. The van der Waals surface area contributed by atoms with Crippen LogP contribution in [0.2, 0.25) is 0 Å². The predicted octanol–water partition coefficient (Wildman–Crippen LogP) is 1.42. The Morgan fingerprint density at radius 1 is 1.17 bits per heavy atom. The van der Waals surface area contributed by atoms with E-state index in [4.69, 9.17) is 9.47 Å². The minimum Gasteiger partial charge on any atom is -0.391 e. The third-order valence-corrected chi connectivity index (χ3v) is 4.12. The molecule has 1 saturated heterocycles. The highest BCUT2D eigenvalue weighted by Gasteiger charge is 2.33. The Kier molecular flexibility index (Phi) is 5.89. The SMILES string of the molecule is CCOCCO[C@H]1CCN([C@H]2CCCC[C@H]2O)C1. The van der Waals surface area contributed by atoms with E-state index >= 15 is 0 Å². The lowest BCUT2D eigenvalue weighted by Crippen LogP contribution is -2.44. The molecule has 4 nitrogen and oxygen atoms in total. The summed E-state index contributed by atoms with van der Waals surface area (Å²) >= 11 is 0. The minimum atomic E-state index is -0.124. The van der Waals surface area contributed by atoms with Crippen molar-refractivity contribution in [3.8, 4) is 0 Å². The lowest BCUT2D eigenvalue weighted by molar-refractivity contribution is -0.00341. The number of aliphatic hydroxyl groups excluding tert-OH is 1. The highest BCUT2D eigenvalue weighted by molar-refractivity contribution is 4.88. The zero-order valence-electron chi connectivity index (χ0n) is 11.5. The Morgan fingerprint density at radius 3 is 2.78 bits per heavy atom. The standard InChI is InChI=1S/C14H27NO3/c1-2-17-9-10-18-12-7-8-15(11-12)13-5-3-4-6-14(13)16/h12-14,16H,2-11H2,1H3/t12-,13-,14+/m0/s1. The van der Waals surface area contributed by atoms with Crippen LogP contribution in [0.5, 0.6) is 0 Å². The van der Waals surface area contributed by atoms with Crippen molar-refractivity contribution in [1.82, 2.24) is 4.90 Å². The molecule has 0 radical (unpaired) electrons. The summed E-state index contributed by atoms with van der Waals surface area (Å²) in [6.07, 6.45) is 5.85. The highest BCUT2D eigenvalue weighted by atomic mass is 16.5. The van der Waals surface area contributed by atoms with Crippen LogP contribution in [0.15, 0.2) is 0 Å². The predicted molar refractivity (Wildman–Crippen MR) is 70.7 cm³/mol. The molecule has 0 bridgehead atoms. The van der Waals surface area contributed by atoms with E-state index in [0.29, 0.717) is 25.4 Å². The third kappa shape index (κ3) is 3.92. The van der Waals surface area contributed by atoms with Crippen molar-refractivity contribution < 1.29 is 14.6 Å². The van der Waals surface area contributed by atoms with Crippen LogP contribution >= 0.6 is 0 Å². The first-order valence-corrected chi connectivity index (χ1v) is 7.42. The van der Waals surface area contributed by atoms with Gasteiger partial charge >= 0.3 is 0 Å². The van der Waals surface area contributed by atoms with Crippen LogP contribution in [0, 0.1) is 0 Å². The molecule has 0 amide bonds. The lowest BCUT2D eigenvalue weighted by Gasteiger charge is -2.35. The van der Waals surface area contributed by atoms with Crippen LogP contribution in [0.4, 0.5) is 0 Å². The summed E-state index contributed by atoms with van der Waals surface area (Å²) in [5.41, 5.74) is 0. The van der Waals surface area contributed by atoms with Crippen molar-refractivity contribution >= 4 is 0 Å². The molecule has 0 aromatic heterocycles. The van der Waals surface area contributed by atoms with Crippen LogP contribution < -0.4 is 0 Å². The van der Waals surface area contributed by atoms with Gasteiger partial charge in [0, 0.05) is 25.7 Å². The number of nitrogens with zero attached hydrogens (tertiary/aromatic N) is 1. The second kappa shape index (κ2) is 7.43. The number of hydrogen-bond donors (Lipinski definition) is 1. The van der Waals surface area contributed by atoms with Crippen molar-refractivity contribution in [3.63, 3.8) is 0 Å². The van der Waals surface area contributed by atoms with Gasteiger partial charge in [-0.25, -0.2) is 0 Å². The van der Waals surface area contributed by atoms with Gasteiger partial charge in [-0.3, -0.25) is 4.90 Å². The summed E-state index contributed by atoms with van der Waals surface area (Å²) < 4.78 is 11.1. The van der Waals surface area contributed by atoms with Gasteiger partial charge in [-0.15, -0.1) is 0 Å². The minimum absolute atomic E-state index is 0.124. The Bertz CT molecular complexity index is 237. The molecule has 1 saturated carbocycles. The van der Waals surface area contributed by atoms with Crippen LogP contribution in [0.3, 0.4) is 0 Å². The Balaban J connectivity index is 1.67. The number of rotatable bonds is 6. The average molecular weight is 257 g/mol. The first-order valence-electron chi connectivity index (χ1n) is 7.42. The van der Waals surface area contributed by atoms with Crippen LogP contribution in [-0.4, -0.2) is 61.2 Å². The Labute approximate surface area is 110 Å². The van der Waals surface area contributed by atoms with Crippen LogP contribution in [-0.2, 0) is 9.47 Å². The smallest absolute Gasteiger partial charge is 0.0715 e. The molecule has 0 spiro atoms. The van der Waals surface area contributed by atoms with Gasteiger partial charge in [-0.2, -0.15) is 0 Å². The van der Waals surface area contributed by atoms with Gasteiger partial charge in [-0.1, -0.05) is 12.8 Å². The molecule has 1 aliphatic heterocycles.